The zero-order valence-electron chi connectivity index (χ0n) is 18.1. The van der Waals surface area contributed by atoms with Crippen molar-refractivity contribution in [3.63, 3.8) is 0 Å². The van der Waals surface area contributed by atoms with Crippen LogP contribution in [0.25, 0.3) is 11.1 Å². The molecule has 8 heteroatoms. The van der Waals surface area contributed by atoms with Gasteiger partial charge >= 0.3 is 0 Å². The zero-order chi connectivity index (χ0) is 22.9. The molecule has 4 rings (SSSR count). The molecule has 2 aromatic carbocycles. The zero-order valence-corrected chi connectivity index (χ0v) is 18.1. The number of hydrogen-bond donors (Lipinski definition) is 4. The first kappa shape index (κ1) is 22.7. The molecule has 0 unspecified atom stereocenters. The van der Waals surface area contributed by atoms with Crippen LogP contribution in [-0.2, 0) is 4.74 Å². The fraction of sp³-hybridized carbons (Fsp3) is 0.458. The minimum absolute atomic E-state index is 0.00771. The summed E-state index contributed by atoms with van der Waals surface area (Å²) >= 11 is 0. The Labute approximate surface area is 187 Å². The van der Waals surface area contributed by atoms with Crippen molar-refractivity contribution in [1.29, 1.82) is 0 Å². The van der Waals surface area contributed by atoms with Gasteiger partial charge in [0.2, 0.25) is 12.0 Å². The van der Waals surface area contributed by atoms with E-state index in [4.69, 9.17) is 15.2 Å². The van der Waals surface area contributed by atoms with Gasteiger partial charge in [-0.1, -0.05) is 18.2 Å². The van der Waals surface area contributed by atoms with Gasteiger partial charge in [-0.2, -0.15) is 0 Å². The molecule has 0 aromatic heterocycles. The first-order valence-electron chi connectivity index (χ1n) is 10.9. The summed E-state index contributed by atoms with van der Waals surface area (Å²) in [4.78, 5) is 14.6. The average molecular weight is 443 g/mol. The highest BCUT2D eigenvalue weighted by molar-refractivity contribution is 5.95. The largest absolute Gasteiger partial charge is 0.460 e. The molecule has 0 spiro atoms. The van der Waals surface area contributed by atoms with Gasteiger partial charge in [-0.15, -0.1) is 0 Å². The maximum atomic E-state index is 12.7. The normalized spacial score (nSPS) is 28.0. The Morgan fingerprint density at radius 2 is 1.94 bits per heavy atom. The van der Waals surface area contributed by atoms with Gasteiger partial charge in [-0.25, -0.2) is 0 Å². The van der Waals surface area contributed by atoms with Crippen LogP contribution in [0.1, 0.15) is 35.2 Å². The molecule has 32 heavy (non-hydrogen) atoms. The van der Waals surface area contributed by atoms with E-state index in [2.05, 4.69) is 0 Å². The summed E-state index contributed by atoms with van der Waals surface area (Å²) in [6, 6.07) is 13.0. The van der Waals surface area contributed by atoms with Crippen molar-refractivity contribution in [2.45, 2.75) is 50.4 Å². The minimum atomic E-state index is -2.11. The van der Waals surface area contributed by atoms with Crippen LogP contribution in [0, 0.1) is 6.92 Å². The number of rotatable bonds is 5. The van der Waals surface area contributed by atoms with Crippen molar-refractivity contribution < 1.29 is 29.6 Å². The highest BCUT2D eigenvalue weighted by Gasteiger charge is 2.49. The fourth-order valence-electron chi connectivity index (χ4n) is 4.19. The van der Waals surface area contributed by atoms with Gasteiger partial charge < -0.3 is 29.7 Å². The van der Waals surface area contributed by atoms with Crippen molar-refractivity contribution in [2.24, 2.45) is 5.73 Å². The third kappa shape index (κ3) is 4.51. The van der Waals surface area contributed by atoms with E-state index in [9.17, 15) is 20.1 Å². The van der Waals surface area contributed by atoms with Crippen LogP contribution >= 0.6 is 0 Å². The van der Waals surface area contributed by atoms with Crippen LogP contribution in [0.2, 0.25) is 0 Å². The quantitative estimate of drug-likeness (QED) is 0.516. The number of amides is 1. The van der Waals surface area contributed by atoms with Gasteiger partial charge in [0.25, 0.3) is 5.91 Å². The Kier molecular flexibility index (Phi) is 6.50. The number of aliphatic hydroxyl groups excluding tert-OH is 2. The predicted octanol–water partition coefficient (Wildman–Crippen LogP) is 1.39. The van der Waals surface area contributed by atoms with Crippen LogP contribution in [0.5, 0.6) is 5.75 Å². The summed E-state index contributed by atoms with van der Waals surface area (Å²) in [5.74, 6) is 0.479. The van der Waals surface area contributed by atoms with Gasteiger partial charge in [-0.3, -0.25) is 10.5 Å². The van der Waals surface area contributed by atoms with E-state index in [1.807, 2.05) is 48.2 Å². The summed E-state index contributed by atoms with van der Waals surface area (Å²) in [7, 11) is 0. The number of aryl methyl sites for hydroxylation is 1. The highest BCUT2D eigenvalue weighted by Crippen LogP contribution is 2.32. The summed E-state index contributed by atoms with van der Waals surface area (Å²) in [5.41, 5.74) is 6.97. The second kappa shape index (κ2) is 9.17. The molecule has 172 valence electrons. The van der Waals surface area contributed by atoms with Gasteiger partial charge in [0.05, 0.1) is 12.7 Å². The Morgan fingerprint density at radius 1 is 1.22 bits per heavy atom. The molecule has 2 heterocycles. The van der Waals surface area contributed by atoms with E-state index in [0.717, 1.165) is 42.6 Å². The number of carbonyl (C=O) groups excluding carboxylic acids is 1. The summed E-state index contributed by atoms with van der Waals surface area (Å²) < 4.78 is 11.3. The van der Waals surface area contributed by atoms with Crippen molar-refractivity contribution in [2.75, 3.05) is 19.7 Å². The minimum Gasteiger partial charge on any atom is -0.460 e. The number of nitrogens with zero attached hydrogens (tertiary/aromatic N) is 1. The molecular weight excluding hydrogens is 412 g/mol. The molecule has 4 atom stereocenters. The third-order valence-corrected chi connectivity index (χ3v) is 6.16. The van der Waals surface area contributed by atoms with E-state index in [0.29, 0.717) is 11.3 Å². The van der Waals surface area contributed by atoms with E-state index in [-0.39, 0.29) is 18.9 Å². The Balaban J connectivity index is 1.53. The molecule has 0 aliphatic carbocycles. The van der Waals surface area contributed by atoms with E-state index in [1.54, 1.807) is 6.07 Å². The van der Waals surface area contributed by atoms with Crippen molar-refractivity contribution in [3.8, 4) is 16.9 Å². The molecule has 1 amide bonds. The van der Waals surface area contributed by atoms with E-state index in [1.165, 1.54) is 0 Å². The maximum Gasteiger partial charge on any atom is 0.253 e. The lowest BCUT2D eigenvalue weighted by molar-refractivity contribution is -0.288. The number of likely N-dealkylation sites (tertiary alicyclic amines) is 1. The Bertz CT molecular complexity index is 973. The monoisotopic (exact) mass is 442 g/mol. The molecule has 2 aliphatic rings. The Morgan fingerprint density at radius 3 is 2.62 bits per heavy atom. The number of hydrogen-bond acceptors (Lipinski definition) is 7. The molecule has 2 aromatic rings. The van der Waals surface area contributed by atoms with Gasteiger partial charge in [0.15, 0.2) is 0 Å². The molecule has 5 N–H and O–H groups in total. The van der Waals surface area contributed by atoms with Crippen LogP contribution in [0.4, 0.5) is 0 Å². The van der Waals surface area contributed by atoms with Crippen molar-refractivity contribution >= 4 is 5.91 Å². The predicted molar refractivity (Wildman–Crippen MR) is 118 cm³/mol. The van der Waals surface area contributed by atoms with Gasteiger partial charge in [-0.05, 0) is 60.7 Å². The molecule has 2 saturated heterocycles. The fourth-order valence-corrected chi connectivity index (χ4v) is 4.19. The lowest BCUT2D eigenvalue weighted by atomic mass is 9.97. The number of nitrogens with two attached hydrogens (primary N) is 1. The van der Waals surface area contributed by atoms with Crippen LogP contribution < -0.4 is 10.5 Å². The number of aliphatic hydroxyl groups is 3. The van der Waals surface area contributed by atoms with E-state index < -0.39 is 24.2 Å². The lowest BCUT2D eigenvalue weighted by Gasteiger charge is -2.42. The standard InChI is InChI=1S/C24H30N2O6/c1-15-11-17(16-5-4-6-18(12-16)22(29)26-9-2-3-10-26)7-8-20(15)32-23-24(25,30)21(28)13-19(14-27)31-23/h4-8,11-12,19,21,23,27-28,30H,2-3,9-10,13-14,25H2,1H3/t19-,21-,23+,24-/m0/s1. The molecule has 8 nitrogen and oxygen atoms in total. The second-order valence-corrected chi connectivity index (χ2v) is 8.59. The lowest BCUT2D eigenvalue weighted by Crippen LogP contribution is -2.67. The van der Waals surface area contributed by atoms with Gasteiger partial charge in [0.1, 0.15) is 11.9 Å². The second-order valence-electron chi connectivity index (χ2n) is 8.59. The summed E-state index contributed by atoms with van der Waals surface area (Å²) in [6.45, 7) is 3.13. The summed E-state index contributed by atoms with van der Waals surface area (Å²) in [5, 5.41) is 29.9. The molecule has 2 fully saturated rings. The third-order valence-electron chi connectivity index (χ3n) is 6.16. The van der Waals surface area contributed by atoms with Crippen molar-refractivity contribution in [1.82, 2.24) is 4.90 Å². The van der Waals surface area contributed by atoms with E-state index >= 15 is 0 Å². The molecule has 0 saturated carbocycles. The molecule has 2 aliphatic heterocycles. The number of carbonyl (C=O) groups is 1. The molecule has 0 radical (unpaired) electrons. The average Bonchev–Trinajstić information content (AvgIpc) is 3.32. The maximum absolute atomic E-state index is 12.7. The van der Waals surface area contributed by atoms with Crippen LogP contribution in [0.3, 0.4) is 0 Å². The van der Waals surface area contributed by atoms with Crippen LogP contribution in [0.15, 0.2) is 42.5 Å². The number of benzene rings is 2. The summed E-state index contributed by atoms with van der Waals surface area (Å²) in [6.07, 6.45) is -1.22. The first-order valence-corrected chi connectivity index (χ1v) is 10.9. The Hall–Kier alpha value is -2.49. The smallest absolute Gasteiger partial charge is 0.253 e. The SMILES string of the molecule is Cc1cc(-c2cccc(C(=O)N3CCCC3)c2)ccc1O[C@H]1O[C@H](CO)C[C@H](O)[C@]1(N)O. The number of ether oxygens (including phenoxy) is 2. The molecular formula is C24H30N2O6. The van der Waals surface area contributed by atoms with Crippen molar-refractivity contribution in [3.05, 3.63) is 53.6 Å². The highest BCUT2D eigenvalue weighted by atomic mass is 16.7. The van der Waals surface area contributed by atoms with Crippen LogP contribution in [-0.4, -0.2) is 70.0 Å². The first-order chi connectivity index (χ1) is 15.3. The topological polar surface area (TPSA) is 125 Å². The van der Waals surface area contributed by atoms with Gasteiger partial charge in [0, 0.05) is 25.1 Å². The molecule has 0 bridgehead atoms.